The first kappa shape index (κ1) is 19.5. The predicted octanol–water partition coefficient (Wildman–Crippen LogP) is 3.04. The second-order valence-electron chi connectivity index (χ2n) is 7.25. The lowest BCUT2D eigenvalue weighted by atomic mass is 10.1. The number of carbonyl (C=O) groups is 1. The monoisotopic (exact) mass is 407 g/mol. The van der Waals surface area contributed by atoms with Gasteiger partial charge in [-0.1, -0.05) is 6.07 Å². The van der Waals surface area contributed by atoms with E-state index in [0.717, 1.165) is 37.2 Å². The number of nitrogens with one attached hydrogen (secondary N) is 1. The minimum Gasteiger partial charge on any atom is -0.371 e. The predicted molar refractivity (Wildman–Crippen MR) is 111 cm³/mol. The van der Waals surface area contributed by atoms with Crippen molar-refractivity contribution in [2.45, 2.75) is 26.7 Å². The molecule has 0 unspecified atom stereocenters. The summed E-state index contributed by atoms with van der Waals surface area (Å²) in [6.07, 6.45) is 2.06. The summed E-state index contributed by atoms with van der Waals surface area (Å²) >= 11 is 0. The van der Waals surface area contributed by atoms with Crippen LogP contribution in [0.1, 0.15) is 34.6 Å². The van der Waals surface area contributed by atoms with Gasteiger partial charge in [-0.3, -0.25) is 14.9 Å². The summed E-state index contributed by atoms with van der Waals surface area (Å²) in [4.78, 5) is 26.0. The molecule has 1 aromatic heterocycles. The van der Waals surface area contributed by atoms with Crippen LogP contribution >= 0.6 is 0 Å². The molecule has 2 heterocycles. The Labute approximate surface area is 172 Å². The molecule has 1 aliphatic rings. The van der Waals surface area contributed by atoms with Crippen molar-refractivity contribution < 1.29 is 9.72 Å². The number of tetrazole rings is 1. The number of nitrogens with zero attached hydrogens (tertiary/aromatic N) is 6. The van der Waals surface area contributed by atoms with Gasteiger partial charge in [-0.2, -0.15) is 4.68 Å². The third-order valence-corrected chi connectivity index (χ3v) is 5.20. The Morgan fingerprint density at radius 1 is 1.10 bits per heavy atom. The van der Waals surface area contributed by atoms with Gasteiger partial charge in [-0.25, -0.2) is 0 Å². The molecular weight excluding hydrogens is 386 g/mol. The first-order valence-corrected chi connectivity index (χ1v) is 9.65. The number of hydrogen-bond donors (Lipinski definition) is 1. The van der Waals surface area contributed by atoms with Gasteiger partial charge in [0.05, 0.1) is 21.9 Å². The van der Waals surface area contributed by atoms with Gasteiger partial charge in [-0.05, 0) is 60.9 Å². The number of aryl methyl sites for hydroxylation is 2. The summed E-state index contributed by atoms with van der Waals surface area (Å²) < 4.78 is 1.59. The van der Waals surface area contributed by atoms with E-state index in [0.29, 0.717) is 17.2 Å². The quantitative estimate of drug-likeness (QED) is 0.510. The van der Waals surface area contributed by atoms with Crippen molar-refractivity contribution in [1.29, 1.82) is 0 Å². The molecule has 0 spiro atoms. The van der Waals surface area contributed by atoms with E-state index in [4.69, 9.17) is 0 Å². The van der Waals surface area contributed by atoms with Gasteiger partial charge < -0.3 is 10.2 Å². The first-order valence-electron chi connectivity index (χ1n) is 9.65. The zero-order valence-corrected chi connectivity index (χ0v) is 16.7. The standard InChI is InChI=1S/C20H21N7O3/c1-13-5-6-15(11-19(13)26-14(2)22-23-24-26)21-20(28)17-12-16(27(29)30)7-8-18(17)25-9-3-4-10-25/h5-8,11-12H,3-4,9-10H2,1-2H3,(H,21,28). The molecule has 4 rings (SSSR count). The fourth-order valence-electron chi connectivity index (χ4n) is 3.62. The van der Waals surface area contributed by atoms with Crippen LogP contribution in [0.25, 0.3) is 5.69 Å². The van der Waals surface area contributed by atoms with Gasteiger partial charge in [-0.15, -0.1) is 5.10 Å². The van der Waals surface area contributed by atoms with Crippen molar-refractivity contribution in [3.8, 4) is 5.69 Å². The number of benzene rings is 2. The molecule has 0 saturated carbocycles. The molecule has 1 fully saturated rings. The summed E-state index contributed by atoms with van der Waals surface area (Å²) in [6.45, 7) is 5.36. The zero-order chi connectivity index (χ0) is 21.3. The Hall–Kier alpha value is -3.82. The van der Waals surface area contributed by atoms with Crippen molar-refractivity contribution in [3.05, 3.63) is 63.5 Å². The molecule has 1 aliphatic heterocycles. The van der Waals surface area contributed by atoms with Crippen molar-refractivity contribution in [1.82, 2.24) is 20.2 Å². The third-order valence-electron chi connectivity index (χ3n) is 5.20. The number of amides is 1. The average molecular weight is 407 g/mol. The van der Waals surface area contributed by atoms with E-state index < -0.39 is 10.8 Å². The van der Waals surface area contributed by atoms with E-state index >= 15 is 0 Å². The van der Waals surface area contributed by atoms with Crippen molar-refractivity contribution in [3.63, 3.8) is 0 Å². The molecule has 30 heavy (non-hydrogen) atoms. The smallest absolute Gasteiger partial charge is 0.270 e. The fourth-order valence-corrected chi connectivity index (χ4v) is 3.62. The molecule has 10 nitrogen and oxygen atoms in total. The van der Waals surface area contributed by atoms with E-state index in [9.17, 15) is 14.9 Å². The van der Waals surface area contributed by atoms with Crippen LogP contribution in [-0.4, -0.2) is 44.1 Å². The molecule has 0 atom stereocenters. The molecule has 1 saturated heterocycles. The van der Waals surface area contributed by atoms with Crippen LogP contribution < -0.4 is 10.2 Å². The van der Waals surface area contributed by atoms with Crippen LogP contribution in [-0.2, 0) is 0 Å². The van der Waals surface area contributed by atoms with Gasteiger partial charge in [0.25, 0.3) is 11.6 Å². The molecule has 1 amide bonds. The van der Waals surface area contributed by atoms with Crippen molar-refractivity contribution in [2.24, 2.45) is 0 Å². The average Bonchev–Trinajstić information content (AvgIpc) is 3.41. The van der Waals surface area contributed by atoms with Crippen LogP contribution in [0, 0.1) is 24.0 Å². The third kappa shape index (κ3) is 3.71. The number of nitro benzene ring substituents is 1. The van der Waals surface area contributed by atoms with Crippen molar-refractivity contribution in [2.75, 3.05) is 23.3 Å². The molecule has 1 N–H and O–H groups in total. The van der Waals surface area contributed by atoms with Crippen molar-refractivity contribution >= 4 is 23.0 Å². The topological polar surface area (TPSA) is 119 Å². The van der Waals surface area contributed by atoms with Gasteiger partial charge >= 0.3 is 0 Å². The number of anilines is 2. The largest absolute Gasteiger partial charge is 0.371 e. The van der Waals surface area contributed by atoms with E-state index in [1.54, 1.807) is 29.8 Å². The molecule has 3 aromatic rings. The number of non-ortho nitro benzene ring substituents is 1. The Morgan fingerprint density at radius 3 is 2.53 bits per heavy atom. The molecule has 0 radical (unpaired) electrons. The number of aromatic nitrogens is 4. The van der Waals surface area contributed by atoms with Crippen LogP contribution in [0.3, 0.4) is 0 Å². The lowest BCUT2D eigenvalue weighted by Gasteiger charge is -2.21. The lowest BCUT2D eigenvalue weighted by molar-refractivity contribution is -0.384. The summed E-state index contributed by atoms with van der Waals surface area (Å²) in [7, 11) is 0. The summed E-state index contributed by atoms with van der Waals surface area (Å²) in [5.74, 6) is 0.223. The Bertz CT molecular complexity index is 1120. The minimum atomic E-state index is -0.491. The highest BCUT2D eigenvalue weighted by Crippen LogP contribution is 2.29. The number of carbonyl (C=O) groups excluding carboxylic acids is 1. The Balaban J connectivity index is 1.68. The summed E-state index contributed by atoms with van der Waals surface area (Å²) in [5.41, 5.74) is 3.11. The van der Waals surface area contributed by atoms with Gasteiger partial charge in [0, 0.05) is 30.9 Å². The molecule has 10 heteroatoms. The van der Waals surface area contributed by atoms with Crippen LogP contribution in [0.4, 0.5) is 17.1 Å². The molecule has 0 bridgehead atoms. The number of rotatable bonds is 5. The second kappa shape index (κ2) is 7.90. The highest BCUT2D eigenvalue weighted by Gasteiger charge is 2.23. The summed E-state index contributed by atoms with van der Waals surface area (Å²) in [5, 5.41) is 25.7. The van der Waals surface area contributed by atoms with Gasteiger partial charge in [0.15, 0.2) is 5.82 Å². The van der Waals surface area contributed by atoms with Crippen LogP contribution in [0.2, 0.25) is 0 Å². The van der Waals surface area contributed by atoms with Gasteiger partial charge in [0.2, 0.25) is 0 Å². The SMILES string of the molecule is Cc1ccc(NC(=O)c2cc([N+](=O)[O-])ccc2N2CCCC2)cc1-n1nnnc1C. The lowest BCUT2D eigenvalue weighted by Crippen LogP contribution is -2.23. The molecule has 154 valence electrons. The van der Waals surface area contributed by atoms with E-state index in [-0.39, 0.29) is 11.3 Å². The van der Waals surface area contributed by atoms with Gasteiger partial charge in [0.1, 0.15) is 0 Å². The highest BCUT2D eigenvalue weighted by atomic mass is 16.6. The Morgan fingerprint density at radius 2 is 1.87 bits per heavy atom. The van der Waals surface area contributed by atoms with E-state index in [1.165, 1.54) is 12.1 Å². The zero-order valence-electron chi connectivity index (χ0n) is 16.7. The van der Waals surface area contributed by atoms with E-state index in [2.05, 4.69) is 25.7 Å². The number of hydrogen-bond acceptors (Lipinski definition) is 7. The Kier molecular flexibility index (Phi) is 5.13. The molecule has 2 aromatic carbocycles. The van der Waals surface area contributed by atoms with E-state index in [1.807, 2.05) is 13.0 Å². The normalized spacial score (nSPS) is 13.5. The molecular formula is C20H21N7O3. The summed E-state index contributed by atoms with van der Waals surface area (Å²) in [6, 6.07) is 9.86. The first-order chi connectivity index (χ1) is 14.4. The maximum atomic E-state index is 13.1. The van der Waals surface area contributed by atoms with Crippen LogP contribution in [0.5, 0.6) is 0 Å². The second-order valence-corrected chi connectivity index (χ2v) is 7.25. The number of nitro groups is 1. The van der Waals surface area contributed by atoms with Crippen LogP contribution in [0.15, 0.2) is 36.4 Å². The maximum Gasteiger partial charge on any atom is 0.270 e. The highest BCUT2D eigenvalue weighted by molar-refractivity contribution is 6.08. The minimum absolute atomic E-state index is 0.114. The molecule has 0 aliphatic carbocycles. The maximum absolute atomic E-state index is 13.1. The fraction of sp³-hybridized carbons (Fsp3) is 0.300.